The topological polar surface area (TPSA) is 12.0 Å². The largest absolute Gasteiger partial charge is 0.319 e. The van der Waals surface area contributed by atoms with E-state index in [1.165, 1.54) is 29.3 Å². The Kier molecular flexibility index (Phi) is 4.66. The van der Waals surface area contributed by atoms with Crippen molar-refractivity contribution in [3.05, 3.63) is 35.2 Å². The van der Waals surface area contributed by atoms with Gasteiger partial charge in [0.05, 0.1) is 0 Å². The molecule has 21 heavy (non-hydrogen) atoms. The van der Waals surface area contributed by atoms with E-state index in [1.807, 2.05) is 11.3 Å². The maximum atomic E-state index is 3.43. The molecule has 1 saturated carbocycles. The van der Waals surface area contributed by atoms with Gasteiger partial charge in [0.1, 0.15) is 0 Å². The van der Waals surface area contributed by atoms with Crippen LogP contribution in [0.1, 0.15) is 44.6 Å². The van der Waals surface area contributed by atoms with Crippen molar-refractivity contribution in [2.75, 3.05) is 13.6 Å². The molecule has 1 N–H and O–H groups in total. The molecule has 3 unspecified atom stereocenters. The van der Waals surface area contributed by atoms with Crippen LogP contribution in [0.2, 0.25) is 0 Å². The Morgan fingerprint density at radius 2 is 2.10 bits per heavy atom. The van der Waals surface area contributed by atoms with E-state index in [0.717, 1.165) is 30.2 Å². The fraction of sp³-hybridized carbons (Fsp3) is 0.579. The lowest BCUT2D eigenvalue weighted by molar-refractivity contribution is 0.193. The van der Waals surface area contributed by atoms with Crippen LogP contribution in [-0.4, -0.2) is 13.6 Å². The third kappa shape index (κ3) is 3.02. The zero-order chi connectivity index (χ0) is 14.8. The maximum absolute atomic E-state index is 3.43. The second kappa shape index (κ2) is 6.50. The summed E-state index contributed by atoms with van der Waals surface area (Å²) in [4.78, 5) is 0. The molecule has 1 aromatic carbocycles. The lowest BCUT2D eigenvalue weighted by atomic mass is 9.68. The van der Waals surface area contributed by atoms with Gasteiger partial charge in [0, 0.05) is 4.70 Å². The van der Waals surface area contributed by atoms with Crippen LogP contribution in [-0.2, 0) is 0 Å². The molecule has 2 aromatic rings. The van der Waals surface area contributed by atoms with Crippen LogP contribution < -0.4 is 5.32 Å². The molecule has 3 rings (SSSR count). The number of rotatable bonds is 4. The monoisotopic (exact) mass is 301 g/mol. The zero-order valence-electron chi connectivity index (χ0n) is 13.4. The molecule has 114 valence electrons. The van der Waals surface area contributed by atoms with Gasteiger partial charge in [-0.25, -0.2) is 0 Å². The molecule has 1 aliphatic carbocycles. The molecule has 0 bridgehead atoms. The quantitative estimate of drug-likeness (QED) is 0.810. The molecular formula is C19H27NS. The average Bonchev–Trinajstić information content (AvgIpc) is 2.96. The highest BCUT2D eigenvalue weighted by atomic mass is 32.1. The molecule has 0 radical (unpaired) electrons. The minimum absolute atomic E-state index is 0.723. The molecule has 0 spiro atoms. The van der Waals surface area contributed by atoms with Crippen LogP contribution in [0.3, 0.4) is 0 Å². The molecule has 1 aromatic heterocycles. The van der Waals surface area contributed by atoms with E-state index in [2.05, 4.69) is 55.9 Å². The molecule has 1 nitrogen and oxygen atoms in total. The van der Waals surface area contributed by atoms with Crippen molar-refractivity contribution in [3.63, 3.8) is 0 Å². The van der Waals surface area contributed by atoms with Crippen molar-refractivity contribution >= 4 is 21.4 Å². The molecule has 1 fully saturated rings. The third-order valence-corrected chi connectivity index (χ3v) is 6.33. The van der Waals surface area contributed by atoms with E-state index in [0.29, 0.717) is 0 Å². The van der Waals surface area contributed by atoms with Gasteiger partial charge in [-0.1, -0.05) is 32.0 Å². The van der Waals surface area contributed by atoms with Crippen molar-refractivity contribution in [1.29, 1.82) is 0 Å². The Balaban J connectivity index is 1.96. The summed E-state index contributed by atoms with van der Waals surface area (Å²) in [5.74, 6) is 3.21. The van der Waals surface area contributed by atoms with Gasteiger partial charge in [-0.3, -0.25) is 0 Å². The van der Waals surface area contributed by atoms with Gasteiger partial charge in [0.2, 0.25) is 0 Å². The second-order valence-electron chi connectivity index (χ2n) is 6.93. The van der Waals surface area contributed by atoms with Crippen molar-refractivity contribution in [2.45, 2.75) is 39.0 Å². The van der Waals surface area contributed by atoms with Gasteiger partial charge < -0.3 is 5.32 Å². The first-order chi connectivity index (χ1) is 10.2. The molecule has 1 heterocycles. The summed E-state index contributed by atoms with van der Waals surface area (Å²) in [6.45, 7) is 5.94. The Labute approximate surface area is 132 Å². The number of nitrogens with one attached hydrogen (secondary N) is 1. The first-order valence-corrected chi connectivity index (χ1v) is 9.19. The van der Waals surface area contributed by atoms with E-state index in [4.69, 9.17) is 0 Å². The lowest BCUT2D eigenvalue weighted by Crippen LogP contribution is -2.32. The Bertz CT molecular complexity index is 586. The smallest absolute Gasteiger partial charge is 0.0377 e. The van der Waals surface area contributed by atoms with Gasteiger partial charge in [-0.15, -0.1) is 11.3 Å². The summed E-state index contributed by atoms with van der Waals surface area (Å²) < 4.78 is 1.52. The van der Waals surface area contributed by atoms with Crippen LogP contribution in [0.4, 0.5) is 0 Å². The number of thiophene rings is 1. The van der Waals surface area contributed by atoms with Gasteiger partial charge in [-0.2, -0.15) is 0 Å². The van der Waals surface area contributed by atoms with Crippen molar-refractivity contribution in [2.24, 2.45) is 17.8 Å². The third-order valence-electron chi connectivity index (χ3n) is 5.35. The van der Waals surface area contributed by atoms with Gasteiger partial charge in [0.25, 0.3) is 0 Å². The first kappa shape index (κ1) is 15.1. The Hall–Kier alpha value is -0.860. The van der Waals surface area contributed by atoms with Crippen LogP contribution in [0.25, 0.3) is 10.1 Å². The minimum Gasteiger partial charge on any atom is -0.319 e. The van der Waals surface area contributed by atoms with E-state index in [9.17, 15) is 0 Å². The SMILES string of the molecule is CNCC1CCC(C(C)C)CC1c1cccc2ccsc12. The fourth-order valence-electron chi connectivity index (χ4n) is 4.07. The average molecular weight is 301 g/mol. The molecule has 0 amide bonds. The van der Waals surface area contributed by atoms with Crippen LogP contribution in [0.15, 0.2) is 29.6 Å². The van der Waals surface area contributed by atoms with Gasteiger partial charge >= 0.3 is 0 Å². The number of hydrogen-bond acceptors (Lipinski definition) is 2. The van der Waals surface area contributed by atoms with Gasteiger partial charge in [0.15, 0.2) is 0 Å². The molecule has 0 aliphatic heterocycles. The fourth-order valence-corrected chi connectivity index (χ4v) is 5.05. The van der Waals surface area contributed by atoms with E-state index < -0.39 is 0 Å². The molecular weight excluding hydrogens is 274 g/mol. The first-order valence-electron chi connectivity index (χ1n) is 8.31. The predicted octanol–water partition coefficient (Wildman–Crippen LogP) is 5.28. The lowest BCUT2D eigenvalue weighted by Gasteiger charge is -2.38. The summed E-state index contributed by atoms with van der Waals surface area (Å²) in [6.07, 6.45) is 4.14. The highest BCUT2D eigenvalue weighted by molar-refractivity contribution is 7.17. The van der Waals surface area contributed by atoms with Gasteiger partial charge in [-0.05, 0) is 78.9 Å². The van der Waals surface area contributed by atoms with E-state index in [1.54, 1.807) is 5.56 Å². The molecule has 2 heteroatoms. The van der Waals surface area contributed by atoms with Crippen LogP contribution >= 0.6 is 11.3 Å². The van der Waals surface area contributed by atoms with E-state index in [-0.39, 0.29) is 0 Å². The molecule has 0 saturated heterocycles. The normalized spacial score (nSPS) is 26.6. The van der Waals surface area contributed by atoms with Crippen LogP contribution in [0.5, 0.6) is 0 Å². The summed E-state index contributed by atoms with van der Waals surface area (Å²) in [6, 6.07) is 9.15. The van der Waals surface area contributed by atoms with Crippen LogP contribution in [0, 0.1) is 17.8 Å². The van der Waals surface area contributed by atoms with Crippen molar-refractivity contribution in [1.82, 2.24) is 5.32 Å². The standard InChI is InChI=1S/C19H27NS/c1-13(2)15-7-8-16(12-20-3)18(11-15)17-6-4-5-14-9-10-21-19(14)17/h4-6,9-10,13,15-16,18,20H,7-8,11-12H2,1-3H3. The summed E-state index contributed by atoms with van der Waals surface area (Å²) >= 11 is 1.92. The number of hydrogen-bond donors (Lipinski definition) is 1. The Morgan fingerprint density at radius 1 is 1.24 bits per heavy atom. The Morgan fingerprint density at radius 3 is 2.86 bits per heavy atom. The highest BCUT2D eigenvalue weighted by Crippen LogP contribution is 2.45. The molecule has 1 aliphatic rings. The zero-order valence-corrected chi connectivity index (χ0v) is 14.2. The summed E-state index contributed by atoms with van der Waals surface area (Å²) in [7, 11) is 2.09. The predicted molar refractivity (Wildman–Crippen MR) is 94.2 cm³/mol. The second-order valence-corrected chi connectivity index (χ2v) is 7.84. The minimum atomic E-state index is 0.723. The van der Waals surface area contributed by atoms with Crippen molar-refractivity contribution in [3.8, 4) is 0 Å². The number of benzene rings is 1. The summed E-state index contributed by atoms with van der Waals surface area (Å²) in [5.41, 5.74) is 1.60. The van der Waals surface area contributed by atoms with Crippen molar-refractivity contribution < 1.29 is 0 Å². The summed E-state index contributed by atoms with van der Waals surface area (Å²) in [5, 5.41) is 7.09. The maximum Gasteiger partial charge on any atom is 0.0377 e. The number of fused-ring (bicyclic) bond motifs is 1. The highest BCUT2D eigenvalue weighted by Gasteiger charge is 2.33. The van der Waals surface area contributed by atoms with E-state index >= 15 is 0 Å². The molecule has 3 atom stereocenters.